The van der Waals surface area contributed by atoms with Gasteiger partial charge in [-0.05, 0) is 12.8 Å². The number of carbonyl (C=O) groups excluding carboxylic acids is 1. The molecule has 0 atom stereocenters. The Morgan fingerprint density at radius 2 is 1.83 bits per heavy atom. The maximum Gasteiger partial charge on any atom is 0.471 e. The van der Waals surface area contributed by atoms with E-state index in [4.69, 9.17) is 5.11 Å². The summed E-state index contributed by atoms with van der Waals surface area (Å²) in [4.78, 5) is 22.9. The molecule has 5 nitrogen and oxygen atoms in total. The van der Waals surface area contributed by atoms with Crippen molar-refractivity contribution >= 4 is 11.9 Å². The molecular weight excluding hydrogens is 253 g/mol. The Hall–Kier alpha value is -1.31. The minimum atomic E-state index is -4.85. The van der Waals surface area contributed by atoms with Crippen molar-refractivity contribution in [3.8, 4) is 0 Å². The molecule has 1 aliphatic rings. The molecule has 0 aromatic rings. The first-order valence-corrected chi connectivity index (χ1v) is 5.61. The van der Waals surface area contributed by atoms with Gasteiger partial charge in [-0.1, -0.05) is 0 Å². The third-order valence-electron chi connectivity index (χ3n) is 2.82. The fourth-order valence-corrected chi connectivity index (χ4v) is 1.82. The molecule has 0 saturated carbocycles. The van der Waals surface area contributed by atoms with Crippen LogP contribution in [0.15, 0.2) is 0 Å². The number of rotatable bonds is 4. The van der Waals surface area contributed by atoms with E-state index in [0.717, 1.165) is 0 Å². The van der Waals surface area contributed by atoms with Gasteiger partial charge >= 0.3 is 18.1 Å². The number of nitrogens with one attached hydrogen (secondary N) is 1. The Bertz CT molecular complexity index is 312. The number of carboxylic acids is 1. The van der Waals surface area contributed by atoms with E-state index in [9.17, 15) is 22.8 Å². The number of alkyl halides is 3. The Kier molecular flexibility index (Phi) is 4.94. The van der Waals surface area contributed by atoms with Gasteiger partial charge in [0.1, 0.15) is 0 Å². The highest BCUT2D eigenvalue weighted by atomic mass is 19.4. The number of halogens is 3. The van der Waals surface area contributed by atoms with Crippen LogP contribution in [0.4, 0.5) is 13.2 Å². The second-order valence-electron chi connectivity index (χ2n) is 4.23. The van der Waals surface area contributed by atoms with Crippen molar-refractivity contribution in [2.45, 2.75) is 31.5 Å². The third kappa shape index (κ3) is 4.91. The maximum absolute atomic E-state index is 12.0. The van der Waals surface area contributed by atoms with Gasteiger partial charge in [0.05, 0.1) is 6.42 Å². The van der Waals surface area contributed by atoms with Gasteiger partial charge < -0.3 is 15.3 Å². The largest absolute Gasteiger partial charge is 0.481 e. The van der Waals surface area contributed by atoms with Gasteiger partial charge in [0.15, 0.2) is 0 Å². The van der Waals surface area contributed by atoms with Crippen LogP contribution in [-0.2, 0) is 9.59 Å². The number of amides is 1. The van der Waals surface area contributed by atoms with Gasteiger partial charge in [0, 0.05) is 25.7 Å². The van der Waals surface area contributed by atoms with Crippen LogP contribution in [0, 0.1) is 0 Å². The first kappa shape index (κ1) is 14.7. The van der Waals surface area contributed by atoms with E-state index in [0.29, 0.717) is 32.5 Å². The van der Waals surface area contributed by atoms with Crippen molar-refractivity contribution in [3.05, 3.63) is 0 Å². The van der Waals surface area contributed by atoms with Crippen molar-refractivity contribution in [1.82, 2.24) is 10.2 Å². The van der Waals surface area contributed by atoms with Crippen LogP contribution < -0.4 is 5.32 Å². The summed E-state index contributed by atoms with van der Waals surface area (Å²) < 4.78 is 36.0. The van der Waals surface area contributed by atoms with E-state index in [1.165, 1.54) is 0 Å². The molecule has 0 spiro atoms. The predicted molar refractivity (Wildman–Crippen MR) is 55.9 cm³/mol. The normalized spacial score (nSPS) is 18.6. The SMILES string of the molecule is O=C(O)CCN1CCC(NC(=O)C(F)(F)F)CC1. The van der Waals surface area contributed by atoms with Crippen LogP contribution in [0.1, 0.15) is 19.3 Å². The zero-order chi connectivity index (χ0) is 13.8. The first-order valence-electron chi connectivity index (χ1n) is 5.61. The Morgan fingerprint density at radius 1 is 1.28 bits per heavy atom. The van der Waals surface area contributed by atoms with Gasteiger partial charge in [-0.3, -0.25) is 9.59 Å². The molecule has 104 valence electrons. The maximum atomic E-state index is 12.0. The summed E-state index contributed by atoms with van der Waals surface area (Å²) in [6.45, 7) is 1.38. The molecule has 1 heterocycles. The Balaban J connectivity index is 2.27. The topological polar surface area (TPSA) is 69.6 Å². The van der Waals surface area contributed by atoms with Crippen molar-refractivity contribution in [2.75, 3.05) is 19.6 Å². The minimum absolute atomic E-state index is 0.0135. The van der Waals surface area contributed by atoms with Crippen LogP contribution in [0.2, 0.25) is 0 Å². The number of aliphatic carboxylic acids is 1. The summed E-state index contributed by atoms with van der Waals surface area (Å²) in [5, 5.41) is 10.4. The summed E-state index contributed by atoms with van der Waals surface area (Å²) in [6, 6.07) is -0.486. The van der Waals surface area contributed by atoms with E-state index >= 15 is 0 Å². The van der Waals surface area contributed by atoms with Crippen molar-refractivity contribution in [3.63, 3.8) is 0 Å². The molecule has 1 aliphatic heterocycles. The van der Waals surface area contributed by atoms with E-state index in [1.807, 2.05) is 10.2 Å². The zero-order valence-corrected chi connectivity index (χ0v) is 9.66. The molecule has 1 rings (SSSR count). The lowest BCUT2D eigenvalue weighted by molar-refractivity contribution is -0.174. The molecule has 8 heteroatoms. The molecule has 0 aromatic heterocycles. The first-order chi connectivity index (χ1) is 8.29. The van der Waals surface area contributed by atoms with Crippen LogP contribution >= 0.6 is 0 Å². The van der Waals surface area contributed by atoms with Gasteiger partial charge in [0.25, 0.3) is 0 Å². The molecule has 18 heavy (non-hydrogen) atoms. The third-order valence-corrected chi connectivity index (χ3v) is 2.82. The lowest BCUT2D eigenvalue weighted by atomic mass is 10.0. The van der Waals surface area contributed by atoms with Crippen molar-refractivity contribution in [2.24, 2.45) is 0 Å². The summed E-state index contributed by atoms with van der Waals surface area (Å²) in [5.41, 5.74) is 0. The van der Waals surface area contributed by atoms with Crippen molar-refractivity contribution in [1.29, 1.82) is 0 Å². The number of likely N-dealkylation sites (tertiary alicyclic amines) is 1. The van der Waals surface area contributed by atoms with Gasteiger partial charge in [0.2, 0.25) is 0 Å². The number of carboxylic acid groups (broad SMARTS) is 1. The van der Waals surface area contributed by atoms with E-state index in [-0.39, 0.29) is 6.42 Å². The highest BCUT2D eigenvalue weighted by Gasteiger charge is 2.40. The molecule has 1 fully saturated rings. The molecular formula is C10H15F3N2O3. The van der Waals surface area contributed by atoms with E-state index in [2.05, 4.69) is 0 Å². The van der Waals surface area contributed by atoms with E-state index in [1.54, 1.807) is 0 Å². The summed E-state index contributed by atoms with van der Waals surface area (Å²) in [5.74, 6) is -2.81. The number of nitrogens with zero attached hydrogens (tertiary/aromatic N) is 1. The molecule has 2 N–H and O–H groups in total. The molecule has 0 aromatic carbocycles. The lowest BCUT2D eigenvalue weighted by Crippen LogP contribution is -2.48. The minimum Gasteiger partial charge on any atom is -0.481 e. The average molecular weight is 268 g/mol. The Morgan fingerprint density at radius 3 is 2.28 bits per heavy atom. The second-order valence-corrected chi connectivity index (χ2v) is 4.23. The highest BCUT2D eigenvalue weighted by molar-refractivity contribution is 5.81. The summed E-state index contributed by atoms with van der Waals surface area (Å²) in [6.07, 6.45) is -4.02. The number of carbonyl (C=O) groups is 2. The summed E-state index contributed by atoms with van der Waals surface area (Å²) >= 11 is 0. The standard InChI is InChI=1S/C10H15F3N2O3/c11-10(12,13)9(18)14-7-1-4-15(5-2-7)6-3-8(16)17/h7H,1-6H2,(H,14,18)(H,16,17). The summed E-state index contributed by atoms with van der Waals surface area (Å²) in [7, 11) is 0. The average Bonchev–Trinajstić information content (AvgIpc) is 2.26. The molecule has 1 saturated heterocycles. The molecule has 0 aliphatic carbocycles. The number of hydrogen-bond acceptors (Lipinski definition) is 3. The second kappa shape index (κ2) is 6.03. The van der Waals surface area contributed by atoms with Crippen molar-refractivity contribution < 1.29 is 27.9 Å². The number of hydrogen-bond donors (Lipinski definition) is 2. The monoisotopic (exact) mass is 268 g/mol. The zero-order valence-electron chi connectivity index (χ0n) is 9.66. The van der Waals surface area contributed by atoms with Gasteiger partial charge in [-0.2, -0.15) is 13.2 Å². The lowest BCUT2D eigenvalue weighted by Gasteiger charge is -2.32. The fraction of sp³-hybridized carbons (Fsp3) is 0.800. The van der Waals surface area contributed by atoms with Crippen LogP contribution in [0.3, 0.4) is 0 Å². The van der Waals surface area contributed by atoms with Gasteiger partial charge in [-0.25, -0.2) is 0 Å². The van der Waals surface area contributed by atoms with E-state index < -0.39 is 24.1 Å². The molecule has 0 unspecified atom stereocenters. The Labute approximate surface area is 102 Å². The van der Waals surface area contributed by atoms with Crippen LogP contribution in [-0.4, -0.2) is 53.7 Å². The predicted octanol–water partition coefficient (Wildman–Crippen LogP) is 0.604. The quantitative estimate of drug-likeness (QED) is 0.783. The number of piperidine rings is 1. The van der Waals surface area contributed by atoms with Crippen LogP contribution in [0.25, 0.3) is 0 Å². The highest BCUT2D eigenvalue weighted by Crippen LogP contribution is 2.17. The smallest absolute Gasteiger partial charge is 0.471 e. The van der Waals surface area contributed by atoms with Crippen LogP contribution in [0.5, 0.6) is 0 Å². The fourth-order valence-electron chi connectivity index (χ4n) is 1.82. The van der Waals surface area contributed by atoms with Gasteiger partial charge in [-0.15, -0.1) is 0 Å². The molecule has 1 amide bonds. The molecule has 0 bridgehead atoms. The molecule has 0 radical (unpaired) electrons.